The largest absolute Gasteiger partial charge is 0.467 e. The lowest BCUT2D eigenvalue weighted by Gasteiger charge is -2.14. The highest BCUT2D eigenvalue weighted by Crippen LogP contribution is 2.14. The van der Waals surface area contributed by atoms with Gasteiger partial charge in [-0.2, -0.15) is 0 Å². The molecule has 0 radical (unpaired) electrons. The molecule has 3 rings (SSSR count). The van der Waals surface area contributed by atoms with Crippen LogP contribution in [-0.2, 0) is 6.54 Å². The van der Waals surface area contributed by atoms with Crippen molar-refractivity contribution < 1.29 is 9.21 Å². The van der Waals surface area contributed by atoms with Gasteiger partial charge in [0.1, 0.15) is 5.76 Å². The van der Waals surface area contributed by atoms with Gasteiger partial charge in [-0.3, -0.25) is 9.78 Å². The van der Waals surface area contributed by atoms with E-state index in [0.717, 1.165) is 17.0 Å². The Hall–Kier alpha value is -3.08. The van der Waals surface area contributed by atoms with Crippen molar-refractivity contribution in [1.29, 1.82) is 0 Å². The third-order valence-electron chi connectivity index (χ3n) is 3.69. The van der Waals surface area contributed by atoms with E-state index in [1.807, 2.05) is 49.4 Å². The van der Waals surface area contributed by atoms with Crippen LogP contribution in [0.4, 0.5) is 5.69 Å². The maximum atomic E-state index is 12.4. The van der Waals surface area contributed by atoms with Gasteiger partial charge in [-0.15, -0.1) is 0 Å². The number of aromatic nitrogens is 1. The topological polar surface area (TPSA) is 67.2 Å². The van der Waals surface area contributed by atoms with E-state index >= 15 is 0 Å². The summed E-state index contributed by atoms with van der Waals surface area (Å²) in [6, 6.07) is 15.3. The van der Waals surface area contributed by atoms with Crippen molar-refractivity contribution in [3.05, 3.63) is 84.1 Å². The highest BCUT2D eigenvalue weighted by atomic mass is 16.3. The first kappa shape index (κ1) is 15.8. The molecule has 2 N–H and O–H groups in total. The Morgan fingerprint density at radius 3 is 2.75 bits per heavy atom. The lowest BCUT2D eigenvalue weighted by Crippen LogP contribution is -2.26. The molecule has 122 valence electrons. The Morgan fingerprint density at radius 2 is 2.00 bits per heavy atom. The molecule has 0 aliphatic rings. The van der Waals surface area contributed by atoms with Crippen molar-refractivity contribution in [3.63, 3.8) is 0 Å². The van der Waals surface area contributed by atoms with Gasteiger partial charge >= 0.3 is 0 Å². The zero-order chi connectivity index (χ0) is 16.8. The number of benzene rings is 1. The summed E-state index contributed by atoms with van der Waals surface area (Å²) in [4.78, 5) is 16.5. The summed E-state index contributed by atoms with van der Waals surface area (Å²) in [7, 11) is 0. The van der Waals surface area contributed by atoms with Crippen LogP contribution in [0.1, 0.15) is 34.6 Å². The molecule has 2 aromatic heterocycles. The van der Waals surface area contributed by atoms with Crippen LogP contribution in [0, 0.1) is 0 Å². The van der Waals surface area contributed by atoms with Crippen LogP contribution in [0.25, 0.3) is 0 Å². The van der Waals surface area contributed by atoms with Gasteiger partial charge in [0.25, 0.3) is 5.91 Å². The molecule has 0 bridgehead atoms. The van der Waals surface area contributed by atoms with Crippen LogP contribution in [0.2, 0.25) is 0 Å². The van der Waals surface area contributed by atoms with E-state index in [-0.39, 0.29) is 11.9 Å². The number of pyridine rings is 1. The number of hydrogen-bond acceptors (Lipinski definition) is 4. The van der Waals surface area contributed by atoms with Gasteiger partial charge < -0.3 is 15.1 Å². The maximum absolute atomic E-state index is 12.4. The van der Waals surface area contributed by atoms with Gasteiger partial charge in [-0.25, -0.2) is 0 Å². The van der Waals surface area contributed by atoms with Crippen molar-refractivity contribution in [2.45, 2.75) is 19.5 Å². The molecular formula is C19H19N3O2. The molecule has 1 amide bonds. The number of nitrogens with one attached hydrogen (secondary N) is 2. The van der Waals surface area contributed by atoms with Crippen molar-refractivity contribution in [3.8, 4) is 0 Å². The molecule has 5 heteroatoms. The fourth-order valence-corrected chi connectivity index (χ4v) is 2.37. The van der Waals surface area contributed by atoms with Gasteiger partial charge in [-0.1, -0.05) is 30.3 Å². The Balaban J connectivity index is 1.63. The SMILES string of the molecule is CC(NC(=O)c1cncc(NCc2ccco2)c1)c1ccccc1. The van der Waals surface area contributed by atoms with E-state index in [1.54, 1.807) is 24.7 Å². The number of nitrogens with zero attached hydrogens (tertiary/aromatic N) is 1. The normalized spacial score (nSPS) is 11.7. The predicted octanol–water partition coefficient (Wildman–Crippen LogP) is 3.78. The average molecular weight is 321 g/mol. The highest BCUT2D eigenvalue weighted by molar-refractivity contribution is 5.94. The fraction of sp³-hybridized carbons (Fsp3) is 0.158. The molecule has 2 heterocycles. The summed E-state index contributed by atoms with van der Waals surface area (Å²) < 4.78 is 5.27. The van der Waals surface area contributed by atoms with E-state index in [9.17, 15) is 4.79 Å². The number of amides is 1. The molecule has 0 spiro atoms. The third-order valence-corrected chi connectivity index (χ3v) is 3.69. The van der Waals surface area contributed by atoms with E-state index in [1.165, 1.54) is 0 Å². The Kier molecular flexibility index (Phi) is 4.91. The van der Waals surface area contributed by atoms with Gasteiger partial charge in [0.15, 0.2) is 0 Å². The number of rotatable bonds is 6. The summed E-state index contributed by atoms with van der Waals surface area (Å²) in [5.41, 5.74) is 2.35. The van der Waals surface area contributed by atoms with Crippen LogP contribution in [-0.4, -0.2) is 10.9 Å². The molecule has 1 aromatic carbocycles. The van der Waals surface area contributed by atoms with Crippen LogP contribution in [0.3, 0.4) is 0 Å². The summed E-state index contributed by atoms with van der Waals surface area (Å²) >= 11 is 0. The minimum atomic E-state index is -0.152. The molecule has 1 unspecified atom stereocenters. The first-order chi connectivity index (χ1) is 11.7. The Morgan fingerprint density at radius 1 is 1.17 bits per heavy atom. The second-order valence-electron chi connectivity index (χ2n) is 5.50. The number of furan rings is 1. The Bertz CT molecular complexity index is 785. The Labute approximate surface area is 140 Å². The zero-order valence-corrected chi connectivity index (χ0v) is 13.4. The van der Waals surface area contributed by atoms with Crippen molar-refractivity contribution in [2.24, 2.45) is 0 Å². The molecule has 24 heavy (non-hydrogen) atoms. The van der Waals surface area contributed by atoms with Gasteiger partial charge in [0.05, 0.1) is 30.1 Å². The molecule has 0 saturated heterocycles. The second-order valence-corrected chi connectivity index (χ2v) is 5.50. The summed E-state index contributed by atoms with van der Waals surface area (Å²) in [6.07, 6.45) is 4.87. The highest BCUT2D eigenvalue weighted by Gasteiger charge is 2.12. The van der Waals surface area contributed by atoms with Gasteiger partial charge in [-0.05, 0) is 30.7 Å². The fourth-order valence-electron chi connectivity index (χ4n) is 2.37. The predicted molar refractivity (Wildman–Crippen MR) is 92.6 cm³/mol. The van der Waals surface area contributed by atoms with Crippen LogP contribution in [0.5, 0.6) is 0 Å². The van der Waals surface area contributed by atoms with Crippen molar-refractivity contribution in [2.75, 3.05) is 5.32 Å². The second kappa shape index (κ2) is 7.46. The van der Waals surface area contributed by atoms with Gasteiger partial charge in [0.2, 0.25) is 0 Å². The lowest BCUT2D eigenvalue weighted by molar-refractivity contribution is 0.0939. The molecule has 5 nitrogen and oxygen atoms in total. The molecule has 0 aliphatic carbocycles. The zero-order valence-electron chi connectivity index (χ0n) is 13.4. The van der Waals surface area contributed by atoms with E-state index in [0.29, 0.717) is 12.1 Å². The van der Waals surface area contributed by atoms with Crippen molar-refractivity contribution >= 4 is 11.6 Å². The van der Waals surface area contributed by atoms with E-state index in [4.69, 9.17) is 4.42 Å². The monoisotopic (exact) mass is 321 g/mol. The quantitative estimate of drug-likeness (QED) is 0.725. The molecule has 1 atom stereocenters. The maximum Gasteiger partial charge on any atom is 0.253 e. The summed E-state index contributed by atoms with van der Waals surface area (Å²) in [5.74, 6) is 0.669. The third kappa shape index (κ3) is 4.01. The number of carbonyl (C=O) groups excluding carboxylic acids is 1. The molecule has 0 fully saturated rings. The molecular weight excluding hydrogens is 302 g/mol. The first-order valence-electron chi connectivity index (χ1n) is 7.79. The minimum absolute atomic E-state index is 0.0709. The molecule has 0 saturated carbocycles. The average Bonchev–Trinajstić information content (AvgIpc) is 3.14. The standard InChI is InChI=1S/C19H19N3O2/c1-14(15-6-3-2-4-7-15)22-19(23)16-10-17(12-20-11-16)21-13-18-8-5-9-24-18/h2-12,14,21H,13H2,1H3,(H,22,23). The smallest absolute Gasteiger partial charge is 0.253 e. The van der Waals surface area contributed by atoms with Gasteiger partial charge in [0, 0.05) is 12.4 Å². The van der Waals surface area contributed by atoms with Crippen LogP contribution in [0.15, 0.2) is 71.6 Å². The summed E-state index contributed by atoms with van der Waals surface area (Å²) in [5, 5.41) is 6.18. The first-order valence-corrected chi connectivity index (χ1v) is 7.79. The summed E-state index contributed by atoms with van der Waals surface area (Å²) in [6.45, 7) is 2.50. The van der Waals surface area contributed by atoms with Crippen molar-refractivity contribution in [1.82, 2.24) is 10.3 Å². The van der Waals surface area contributed by atoms with E-state index in [2.05, 4.69) is 15.6 Å². The molecule has 3 aromatic rings. The van der Waals surface area contributed by atoms with Crippen LogP contribution < -0.4 is 10.6 Å². The number of hydrogen-bond donors (Lipinski definition) is 2. The van der Waals surface area contributed by atoms with E-state index < -0.39 is 0 Å². The number of anilines is 1. The minimum Gasteiger partial charge on any atom is -0.467 e. The molecule has 0 aliphatic heterocycles. The lowest BCUT2D eigenvalue weighted by atomic mass is 10.1. The van der Waals surface area contributed by atoms with Crippen LogP contribution >= 0.6 is 0 Å². The number of carbonyl (C=O) groups is 1.